The van der Waals surface area contributed by atoms with Crippen molar-refractivity contribution in [3.8, 4) is 0 Å². The molecule has 1 aromatic rings. The molecule has 0 bridgehead atoms. The molecule has 0 saturated carbocycles. The molecule has 1 aromatic carbocycles. The second kappa shape index (κ2) is 4.58. The SMILES string of the molecule is CC1=C(C2=C(CCO)C=CC2)c2ccccc2C1. The molecular weight excluding hydrogens is 220 g/mol. The van der Waals surface area contributed by atoms with Crippen LogP contribution in [-0.4, -0.2) is 11.7 Å². The number of allylic oxidation sites excluding steroid dienone is 5. The first-order chi connectivity index (χ1) is 8.81. The van der Waals surface area contributed by atoms with Crippen LogP contribution >= 0.6 is 0 Å². The Morgan fingerprint density at radius 1 is 1.22 bits per heavy atom. The fourth-order valence-electron chi connectivity index (χ4n) is 3.11. The van der Waals surface area contributed by atoms with Gasteiger partial charge in [0.1, 0.15) is 0 Å². The second-order valence-electron chi connectivity index (χ2n) is 5.07. The number of hydrogen-bond acceptors (Lipinski definition) is 1. The number of aliphatic hydroxyl groups is 1. The highest BCUT2D eigenvalue weighted by Crippen LogP contribution is 2.42. The quantitative estimate of drug-likeness (QED) is 0.852. The van der Waals surface area contributed by atoms with Gasteiger partial charge in [-0.1, -0.05) is 42.0 Å². The minimum absolute atomic E-state index is 0.233. The van der Waals surface area contributed by atoms with E-state index in [2.05, 4.69) is 43.3 Å². The van der Waals surface area contributed by atoms with Gasteiger partial charge >= 0.3 is 0 Å². The van der Waals surface area contributed by atoms with E-state index in [1.807, 2.05) is 0 Å². The van der Waals surface area contributed by atoms with E-state index in [-0.39, 0.29) is 6.61 Å². The third-order valence-electron chi connectivity index (χ3n) is 3.88. The van der Waals surface area contributed by atoms with Gasteiger partial charge in [-0.15, -0.1) is 0 Å². The molecule has 0 amide bonds. The largest absolute Gasteiger partial charge is 0.396 e. The molecular formula is C17H18O. The number of aliphatic hydroxyl groups excluding tert-OH is 1. The summed E-state index contributed by atoms with van der Waals surface area (Å²) in [6.45, 7) is 2.47. The highest BCUT2D eigenvalue weighted by Gasteiger charge is 2.23. The van der Waals surface area contributed by atoms with Crippen LogP contribution in [0.5, 0.6) is 0 Å². The third-order valence-corrected chi connectivity index (χ3v) is 3.88. The summed E-state index contributed by atoms with van der Waals surface area (Å²) in [4.78, 5) is 0. The molecule has 0 aromatic heterocycles. The van der Waals surface area contributed by atoms with Gasteiger partial charge in [0, 0.05) is 6.61 Å². The predicted octanol–water partition coefficient (Wildman–Crippen LogP) is 3.66. The van der Waals surface area contributed by atoms with Crippen LogP contribution in [0.3, 0.4) is 0 Å². The first kappa shape index (κ1) is 11.5. The molecule has 0 heterocycles. The van der Waals surface area contributed by atoms with Crippen molar-refractivity contribution >= 4 is 5.57 Å². The first-order valence-corrected chi connectivity index (χ1v) is 6.59. The summed E-state index contributed by atoms with van der Waals surface area (Å²) >= 11 is 0. The van der Waals surface area contributed by atoms with Gasteiger partial charge in [-0.3, -0.25) is 0 Å². The maximum absolute atomic E-state index is 9.16. The highest BCUT2D eigenvalue weighted by atomic mass is 16.2. The van der Waals surface area contributed by atoms with Crippen molar-refractivity contribution in [3.05, 3.63) is 64.3 Å². The van der Waals surface area contributed by atoms with Crippen LogP contribution in [0.1, 0.15) is 30.9 Å². The highest BCUT2D eigenvalue weighted by molar-refractivity contribution is 5.88. The lowest BCUT2D eigenvalue weighted by Crippen LogP contribution is -1.93. The average Bonchev–Trinajstić information content (AvgIpc) is 2.92. The minimum Gasteiger partial charge on any atom is -0.396 e. The Bertz CT molecular complexity index is 573. The van der Waals surface area contributed by atoms with Gasteiger partial charge in [0.25, 0.3) is 0 Å². The standard InChI is InChI=1S/C17H18O/c1-12-11-14-5-2-3-7-16(14)17(12)15-8-4-6-13(15)9-10-18/h2-7,18H,8-11H2,1H3. The maximum atomic E-state index is 9.16. The molecule has 0 aliphatic heterocycles. The molecule has 0 saturated heterocycles. The van der Waals surface area contributed by atoms with E-state index in [1.165, 1.54) is 33.4 Å². The number of hydrogen-bond donors (Lipinski definition) is 1. The Morgan fingerprint density at radius 3 is 2.89 bits per heavy atom. The van der Waals surface area contributed by atoms with E-state index in [1.54, 1.807) is 0 Å². The zero-order valence-electron chi connectivity index (χ0n) is 10.7. The van der Waals surface area contributed by atoms with Crippen molar-refractivity contribution in [1.29, 1.82) is 0 Å². The summed E-state index contributed by atoms with van der Waals surface area (Å²) in [5.74, 6) is 0. The molecule has 3 rings (SSSR count). The van der Waals surface area contributed by atoms with Crippen LogP contribution in [0.2, 0.25) is 0 Å². The molecule has 0 spiro atoms. The smallest absolute Gasteiger partial charge is 0.0471 e. The van der Waals surface area contributed by atoms with Crippen LogP contribution in [-0.2, 0) is 6.42 Å². The van der Waals surface area contributed by atoms with E-state index in [9.17, 15) is 0 Å². The molecule has 1 nitrogen and oxygen atoms in total. The van der Waals surface area contributed by atoms with Crippen LogP contribution in [0, 0.1) is 0 Å². The molecule has 1 heteroatoms. The fraction of sp³-hybridized carbons (Fsp3) is 0.294. The summed E-state index contributed by atoms with van der Waals surface area (Å²) < 4.78 is 0. The van der Waals surface area contributed by atoms with E-state index < -0.39 is 0 Å². The van der Waals surface area contributed by atoms with Gasteiger partial charge in [-0.2, -0.15) is 0 Å². The Labute approximate surface area is 108 Å². The van der Waals surface area contributed by atoms with Gasteiger partial charge in [-0.05, 0) is 54.0 Å². The zero-order chi connectivity index (χ0) is 12.5. The van der Waals surface area contributed by atoms with Crippen LogP contribution in [0.4, 0.5) is 0 Å². The van der Waals surface area contributed by atoms with Crippen LogP contribution in [0.25, 0.3) is 5.57 Å². The molecule has 92 valence electrons. The molecule has 0 radical (unpaired) electrons. The van der Waals surface area contributed by atoms with E-state index in [4.69, 9.17) is 5.11 Å². The number of benzene rings is 1. The maximum Gasteiger partial charge on any atom is 0.0471 e. The molecule has 0 atom stereocenters. The second-order valence-corrected chi connectivity index (χ2v) is 5.07. The third kappa shape index (κ3) is 1.75. The lowest BCUT2D eigenvalue weighted by atomic mass is 9.93. The van der Waals surface area contributed by atoms with Crippen molar-refractivity contribution in [2.75, 3.05) is 6.61 Å². The average molecular weight is 238 g/mol. The Hall–Kier alpha value is -1.60. The Balaban J connectivity index is 2.08. The molecule has 0 fully saturated rings. The molecule has 2 aliphatic carbocycles. The summed E-state index contributed by atoms with van der Waals surface area (Å²) in [5, 5.41) is 9.16. The lowest BCUT2D eigenvalue weighted by molar-refractivity contribution is 0.300. The summed E-state index contributed by atoms with van der Waals surface area (Å²) in [5.41, 5.74) is 8.45. The molecule has 2 aliphatic rings. The Morgan fingerprint density at radius 2 is 2.06 bits per heavy atom. The lowest BCUT2D eigenvalue weighted by Gasteiger charge is -2.11. The van der Waals surface area contributed by atoms with Crippen LogP contribution < -0.4 is 0 Å². The predicted molar refractivity (Wildman–Crippen MR) is 75.2 cm³/mol. The van der Waals surface area contributed by atoms with Gasteiger partial charge in [-0.25, -0.2) is 0 Å². The summed E-state index contributed by atoms with van der Waals surface area (Å²) in [6, 6.07) is 8.68. The number of fused-ring (bicyclic) bond motifs is 1. The van der Waals surface area contributed by atoms with Gasteiger partial charge in [0.05, 0.1) is 0 Å². The van der Waals surface area contributed by atoms with Gasteiger partial charge in [0.15, 0.2) is 0 Å². The van der Waals surface area contributed by atoms with Gasteiger partial charge < -0.3 is 5.11 Å². The fourth-order valence-corrected chi connectivity index (χ4v) is 3.11. The Kier molecular flexibility index (Phi) is 2.92. The van der Waals surface area contributed by atoms with Crippen molar-refractivity contribution in [2.45, 2.75) is 26.2 Å². The number of rotatable bonds is 3. The monoisotopic (exact) mass is 238 g/mol. The van der Waals surface area contributed by atoms with E-state index in [0.717, 1.165) is 19.3 Å². The van der Waals surface area contributed by atoms with E-state index in [0.29, 0.717) is 0 Å². The van der Waals surface area contributed by atoms with Crippen molar-refractivity contribution < 1.29 is 5.11 Å². The summed E-state index contributed by atoms with van der Waals surface area (Å²) in [7, 11) is 0. The van der Waals surface area contributed by atoms with Crippen molar-refractivity contribution in [1.82, 2.24) is 0 Å². The van der Waals surface area contributed by atoms with Crippen molar-refractivity contribution in [3.63, 3.8) is 0 Å². The summed E-state index contributed by atoms with van der Waals surface area (Å²) in [6.07, 6.45) is 7.23. The molecule has 1 N–H and O–H groups in total. The van der Waals surface area contributed by atoms with Gasteiger partial charge in [0.2, 0.25) is 0 Å². The van der Waals surface area contributed by atoms with E-state index >= 15 is 0 Å². The first-order valence-electron chi connectivity index (χ1n) is 6.59. The molecule has 0 unspecified atom stereocenters. The topological polar surface area (TPSA) is 20.2 Å². The zero-order valence-corrected chi connectivity index (χ0v) is 10.7. The van der Waals surface area contributed by atoms with Crippen molar-refractivity contribution in [2.24, 2.45) is 0 Å². The molecule has 18 heavy (non-hydrogen) atoms. The normalized spacial score (nSPS) is 17.9. The van der Waals surface area contributed by atoms with Crippen LogP contribution in [0.15, 0.2) is 53.1 Å². The minimum atomic E-state index is 0.233.